The van der Waals surface area contributed by atoms with Crippen molar-refractivity contribution in [2.45, 2.75) is 56.8 Å². The van der Waals surface area contributed by atoms with Crippen LogP contribution in [0.5, 0.6) is 0 Å². The third kappa shape index (κ3) is 1.62. The molecule has 0 bridgehead atoms. The van der Waals surface area contributed by atoms with Crippen molar-refractivity contribution in [1.29, 1.82) is 0 Å². The largest absolute Gasteiger partial charge is 0.371 e. The van der Waals surface area contributed by atoms with E-state index in [1.165, 1.54) is 12.8 Å². The number of ketones is 1. The normalized spacial score (nSPS) is 45.7. The number of ether oxygens (including phenoxy) is 2. The highest BCUT2D eigenvalue weighted by molar-refractivity contribution is 5.87. The molecule has 3 rings (SSSR count). The van der Waals surface area contributed by atoms with Crippen LogP contribution in [-0.4, -0.2) is 30.7 Å². The molecular weight excluding hydrogens is 192 g/mol. The zero-order valence-corrected chi connectivity index (χ0v) is 8.98. The second-order valence-electron chi connectivity index (χ2n) is 4.94. The molecule has 0 unspecified atom stereocenters. The van der Waals surface area contributed by atoms with Crippen molar-refractivity contribution in [2.75, 3.05) is 6.61 Å². The van der Waals surface area contributed by atoms with Crippen LogP contribution in [-0.2, 0) is 14.3 Å². The molecule has 1 saturated carbocycles. The van der Waals surface area contributed by atoms with Crippen molar-refractivity contribution < 1.29 is 14.3 Å². The van der Waals surface area contributed by atoms with Gasteiger partial charge in [0.2, 0.25) is 0 Å². The van der Waals surface area contributed by atoms with Crippen molar-refractivity contribution in [3.63, 3.8) is 0 Å². The molecule has 0 amide bonds. The SMILES string of the molecule is O=C1[C@H]2CCCC[C@@H]2O[C@H]2CCCO[C@H]12. The number of rotatable bonds is 0. The van der Waals surface area contributed by atoms with Crippen molar-refractivity contribution in [2.24, 2.45) is 5.92 Å². The molecule has 2 aliphatic heterocycles. The molecule has 0 aromatic carbocycles. The lowest BCUT2D eigenvalue weighted by molar-refractivity contribution is -0.194. The molecule has 0 aromatic rings. The lowest BCUT2D eigenvalue weighted by Crippen LogP contribution is -2.55. The third-order valence-electron chi connectivity index (χ3n) is 3.97. The minimum absolute atomic E-state index is 0.0607. The van der Waals surface area contributed by atoms with Gasteiger partial charge in [0.15, 0.2) is 5.78 Å². The fourth-order valence-corrected chi connectivity index (χ4v) is 3.18. The van der Waals surface area contributed by atoms with E-state index in [4.69, 9.17) is 9.47 Å². The van der Waals surface area contributed by atoms with Crippen LogP contribution in [0.4, 0.5) is 0 Å². The maximum absolute atomic E-state index is 12.2. The Hall–Kier alpha value is -0.410. The summed E-state index contributed by atoms with van der Waals surface area (Å²) in [4.78, 5) is 12.2. The van der Waals surface area contributed by atoms with E-state index in [-0.39, 0.29) is 24.2 Å². The van der Waals surface area contributed by atoms with E-state index >= 15 is 0 Å². The van der Waals surface area contributed by atoms with E-state index in [2.05, 4.69) is 0 Å². The number of fused-ring (bicyclic) bond motifs is 2. The Labute approximate surface area is 90.1 Å². The molecule has 0 aromatic heterocycles. The number of hydrogen-bond acceptors (Lipinski definition) is 3. The highest BCUT2D eigenvalue weighted by Gasteiger charge is 2.46. The van der Waals surface area contributed by atoms with Crippen molar-refractivity contribution in [1.82, 2.24) is 0 Å². The first kappa shape index (κ1) is 9.79. The summed E-state index contributed by atoms with van der Waals surface area (Å²) in [6, 6.07) is 0. The Morgan fingerprint density at radius 1 is 1.00 bits per heavy atom. The molecule has 15 heavy (non-hydrogen) atoms. The Morgan fingerprint density at radius 3 is 2.73 bits per heavy atom. The van der Waals surface area contributed by atoms with Crippen molar-refractivity contribution in [3.8, 4) is 0 Å². The first-order valence-electron chi connectivity index (χ1n) is 6.17. The Kier molecular flexibility index (Phi) is 2.53. The standard InChI is InChI=1S/C12H18O3/c13-11-8-4-1-2-5-9(8)15-10-6-3-7-14-12(10)11/h8-10,12H,1-7H2/t8-,9-,10-,12-/m0/s1. The van der Waals surface area contributed by atoms with Gasteiger partial charge >= 0.3 is 0 Å². The molecule has 4 atom stereocenters. The summed E-state index contributed by atoms with van der Waals surface area (Å²) < 4.78 is 11.6. The minimum Gasteiger partial charge on any atom is -0.371 e. The summed E-state index contributed by atoms with van der Waals surface area (Å²) in [5, 5.41) is 0. The van der Waals surface area contributed by atoms with Crippen LogP contribution in [0.3, 0.4) is 0 Å². The molecule has 2 heterocycles. The first-order valence-corrected chi connectivity index (χ1v) is 6.17. The fourth-order valence-electron chi connectivity index (χ4n) is 3.18. The highest BCUT2D eigenvalue weighted by atomic mass is 16.6. The topological polar surface area (TPSA) is 35.5 Å². The fraction of sp³-hybridized carbons (Fsp3) is 0.917. The van der Waals surface area contributed by atoms with Gasteiger partial charge in [-0.3, -0.25) is 4.79 Å². The summed E-state index contributed by atoms with van der Waals surface area (Å²) in [5.74, 6) is 0.466. The predicted molar refractivity (Wildman–Crippen MR) is 54.6 cm³/mol. The molecule has 2 saturated heterocycles. The summed E-state index contributed by atoms with van der Waals surface area (Å²) in [6.07, 6.45) is 6.53. The summed E-state index contributed by atoms with van der Waals surface area (Å²) >= 11 is 0. The maximum Gasteiger partial charge on any atom is 0.169 e. The zero-order chi connectivity index (χ0) is 10.3. The molecule has 0 N–H and O–H groups in total. The molecule has 3 nitrogen and oxygen atoms in total. The van der Waals surface area contributed by atoms with E-state index in [0.717, 1.165) is 32.3 Å². The van der Waals surface area contributed by atoms with Gasteiger partial charge in [0.05, 0.1) is 12.2 Å². The van der Waals surface area contributed by atoms with Crippen LogP contribution in [0, 0.1) is 5.92 Å². The van der Waals surface area contributed by atoms with Crippen LogP contribution >= 0.6 is 0 Å². The maximum atomic E-state index is 12.2. The molecule has 0 radical (unpaired) electrons. The van der Waals surface area contributed by atoms with Gasteiger partial charge in [0, 0.05) is 12.5 Å². The van der Waals surface area contributed by atoms with Crippen LogP contribution in [0.1, 0.15) is 38.5 Å². The smallest absolute Gasteiger partial charge is 0.169 e. The Balaban J connectivity index is 1.79. The number of Topliss-reactive ketones (excluding diaryl/α,β-unsaturated/α-hetero) is 1. The van der Waals surface area contributed by atoms with Crippen LogP contribution in [0.15, 0.2) is 0 Å². The van der Waals surface area contributed by atoms with Gasteiger partial charge < -0.3 is 9.47 Å². The monoisotopic (exact) mass is 210 g/mol. The molecular formula is C12H18O3. The summed E-state index contributed by atoms with van der Waals surface area (Å²) in [7, 11) is 0. The van der Waals surface area contributed by atoms with Gasteiger partial charge in [-0.05, 0) is 25.7 Å². The van der Waals surface area contributed by atoms with Gasteiger partial charge in [-0.1, -0.05) is 12.8 Å². The first-order chi connectivity index (χ1) is 7.36. The Bertz CT molecular complexity index is 240. The van der Waals surface area contributed by atoms with Crippen molar-refractivity contribution in [3.05, 3.63) is 0 Å². The van der Waals surface area contributed by atoms with E-state index < -0.39 is 0 Å². The number of hydrogen-bond donors (Lipinski definition) is 0. The van der Waals surface area contributed by atoms with Crippen LogP contribution < -0.4 is 0 Å². The van der Waals surface area contributed by atoms with E-state index in [0.29, 0.717) is 5.78 Å². The summed E-state index contributed by atoms with van der Waals surface area (Å²) in [6.45, 7) is 0.730. The Morgan fingerprint density at radius 2 is 1.80 bits per heavy atom. The lowest BCUT2D eigenvalue weighted by atomic mass is 9.78. The quantitative estimate of drug-likeness (QED) is 0.610. The minimum atomic E-state index is -0.238. The van der Waals surface area contributed by atoms with Gasteiger partial charge in [-0.25, -0.2) is 0 Å². The molecule has 3 fully saturated rings. The van der Waals surface area contributed by atoms with Gasteiger partial charge in [-0.15, -0.1) is 0 Å². The average Bonchev–Trinajstić information content (AvgIpc) is 2.30. The number of carbonyl (C=O) groups is 1. The van der Waals surface area contributed by atoms with Crippen LogP contribution in [0.2, 0.25) is 0 Å². The second kappa shape index (κ2) is 3.87. The molecule has 3 heteroatoms. The number of carbonyl (C=O) groups excluding carboxylic acids is 1. The van der Waals surface area contributed by atoms with Gasteiger partial charge in [0.25, 0.3) is 0 Å². The lowest BCUT2D eigenvalue weighted by Gasteiger charge is -2.44. The van der Waals surface area contributed by atoms with Gasteiger partial charge in [0.1, 0.15) is 6.10 Å². The molecule has 84 valence electrons. The van der Waals surface area contributed by atoms with E-state index in [1.54, 1.807) is 0 Å². The molecule has 3 aliphatic rings. The predicted octanol–water partition coefficient (Wildman–Crippen LogP) is 1.69. The zero-order valence-electron chi connectivity index (χ0n) is 8.98. The average molecular weight is 210 g/mol. The van der Waals surface area contributed by atoms with E-state index in [9.17, 15) is 4.79 Å². The molecule has 1 aliphatic carbocycles. The van der Waals surface area contributed by atoms with Gasteiger partial charge in [-0.2, -0.15) is 0 Å². The highest BCUT2D eigenvalue weighted by Crippen LogP contribution is 2.37. The summed E-state index contributed by atoms with van der Waals surface area (Å²) in [5.41, 5.74) is 0. The second-order valence-corrected chi connectivity index (χ2v) is 4.94. The van der Waals surface area contributed by atoms with E-state index in [1.807, 2.05) is 0 Å². The molecule has 0 spiro atoms. The third-order valence-corrected chi connectivity index (χ3v) is 3.97. The van der Waals surface area contributed by atoms with Crippen LogP contribution in [0.25, 0.3) is 0 Å². The van der Waals surface area contributed by atoms with Crippen molar-refractivity contribution >= 4 is 5.78 Å².